The molecule has 16 heavy (non-hydrogen) atoms. The zero-order chi connectivity index (χ0) is 11.1. The molecule has 1 aromatic rings. The van der Waals surface area contributed by atoms with E-state index in [1.54, 1.807) is 6.92 Å². The van der Waals surface area contributed by atoms with Crippen LogP contribution in [0.1, 0.15) is 12.5 Å². The van der Waals surface area contributed by atoms with Crippen LogP contribution in [0.2, 0.25) is 0 Å². The van der Waals surface area contributed by atoms with Crippen LogP contribution in [0.5, 0.6) is 0 Å². The largest absolute Gasteiger partial charge is 0.450 e. The second kappa shape index (κ2) is 7.96. The molecule has 1 amide bonds. The molecule has 3 N–H and O–H groups in total. The number of amides is 1. The number of benzene rings is 1. The minimum absolute atomic E-state index is 0. The highest BCUT2D eigenvalue weighted by molar-refractivity contribution is 5.85. The molecular weight excluding hydrogens is 228 g/mol. The van der Waals surface area contributed by atoms with Gasteiger partial charge in [0.15, 0.2) is 0 Å². The van der Waals surface area contributed by atoms with E-state index in [0.29, 0.717) is 13.2 Å². The first-order valence-corrected chi connectivity index (χ1v) is 4.99. The average molecular weight is 245 g/mol. The van der Waals surface area contributed by atoms with Crippen molar-refractivity contribution in [3.05, 3.63) is 29.8 Å². The third kappa shape index (κ3) is 5.00. The van der Waals surface area contributed by atoms with Gasteiger partial charge < -0.3 is 10.5 Å². The van der Waals surface area contributed by atoms with Gasteiger partial charge in [0.2, 0.25) is 0 Å². The molecule has 0 fully saturated rings. The molecule has 0 spiro atoms. The number of carbonyl (C=O) groups excluding carboxylic acids is 1. The fraction of sp³-hybridized carbons (Fsp3) is 0.364. The number of nitrogens with two attached hydrogens (primary N) is 1. The summed E-state index contributed by atoms with van der Waals surface area (Å²) in [5, 5.41) is 2.64. The van der Waals surface area contributed by atoms with E-state index >= 15 is 0 Å². The predicted octanol–water partition coefficient (Wildman–Crippen LogP) is 2.18. The van der Waals surface area contributed by atoms with Crippen molar-refractivity contribution in [3.63, 3.8) is 0 Å². The Hall–Kier alpha value is -1.26. The molecule has 90 valence electrons. The fourth-order valence-corrected chi connectivity index (χ4v) is 1.26. The Morgan fingerprint density at radius 3 is 2.88 bits per heavy atom. The van der Waals surface area contributed by atoms with Crippen molar-refractivity contribution in [2.24, 2.45) is 5.73 Å². The van der Waals surface area contributed by atoms with Crippen LogP contribution in [-0.2, 0) is 11.2 Å². The Kier molecular flexibility index (Phi) is 7.33. The van der Waals surface area contributed by atoms with Gasteiger partial charge in [-0.1, -0.05) is 12.1 Å². The number of rotatable bonds is 4. The van der Waals surface area contributed by atoms with Crippen LogP contribution in [0.3, 0.4) is 0 Å². The summed E-state index contributed by atoms with van der Waals surface area (Å²) in [6.07, 6.45) is 0.376. The smallest absolute Gasteiger partial charge is 0.411 e. The normalized spacial score (nSPS) is 9.12. The summed E-state index contributed by atoms with van der Waals surface area (Å²) in [6.45, 7) is 2.74. The highest BCUT2D eigenvalue weighted by Gasteiger charge is 2.01. The van der Waals surface area contributed by atoms with Gasteiger partial charge in [-0.3, -0.25) is 5.32 Å². The number of nitrogens with one attached hydrogen (secondary N) is 1. The highest BCUT2D eigenvalue weighted by Crippen LogP contribution is 2.11. The minimum atomic E-state index is -0.428. The average Bonchev–Trinajstić information content (AvgIpc) is 2.19. The lowest BCUT2D eigenvalue weighted by Gasteiger charge is -2.06. The molecule has 4 nitrogen and oxygen atoms in total. The number of halogens is 1. The number of ether oxygens (including phenoxy) is 1. The predicted molar refractivity (Wildman–Crippen MR) is 67.1 cm³/mol. The molecule has 0 unspecified atom stereocenters. The Labute approximate surface area is 102 Å². The molecule has 5 heteroatoms. The van der Waals surface area contributed by atoms with E-state index in [9.17, 15) is 4.79 Å². The summed E-state index contributed by atoms with van der Waals surface area (Å²) < 4.78 is 4.77. The van der Waals surface area contributed by atoms with Crippen LogP contribution in [0.15, 0.2) is 24.3 Å². The molecule has 0 atom stereocenters. The molecular formula is C11H17ClN2O2. The monoisotopic (exact) mass is 244 g/mol. The Morgan fingerprint density at radius 2 is 2.25 bits per heavy atom. The van der Waals surface area contributed by atoms with Gasteiger partial charge in [0, 0.05) is 5.69 Å². The topological polar surface area (TPSA) is 64.3 Å². The molecule has 0 aliphatic rings. The van der Waals surface area contributed by atoms with Crippen molar-refractivity contribution in [3.8, 4) is 0 Å². The maximum absolute atomic E-state index is 11.1. The zero-order valence-corrected chi connectivity index (χ0v) is 10.0. The molecule has 1 rings (SSSR count). The van der Waals surface area contributed by atoms with E-state index in [2.05, 4.69) is 5.32 Å². The van der Waals surface area contributed by atoms with Crippen molar-refractivity contribution >= 4 is 24.2 Å². The van der Waals surface area contributed by atoms with Crippen LogP contribution in [0, 0.1) is 0 Å². The van der Waals surface area contributed by atoms with Crippen molar-refractivity contribution in [1.29, 1.82) is 0 Å². The number of hydrogen-bond acceptors (Lipinski definition) is 3. The Bertz CT molecular complexity index is 332. The summed E-state index contributed by atoms with van der Waals surface area (Å²) in [4.78, 5) is 11.1. The molecule has 0 aromatic heterocycles. The Morgan fingerprint density at radius 1 is 1.50 bits per heavy atom. The van der Waals surface area contributed by atoms with Crippen LogP contribution >= 0.6 is 12.4 Å². The van der Waals surface area contributed by atoms with E-state index in [1.165, 1.54) is 0 Å². The van der Waals surface area contributed by atoms with E-state index in [1.807, 2.05) is 24.3 Å². The number of anilines is 1. The lowest BCUT2D eigenvalue weighted by atomic mass is 10.1. The molecule has 0 bridgehead atoms. The van der Waals surface area contributed by atoms with Gasteiger partial charge in [-0.05, 0) is 37.6 Å². The SMILES string of the molecule is CCOC(=O)Nc1cccc(CCN)c1.Cl. The third-order valence-electron chi connectivity index (χ3n) is 1.88. The molecule has 0 saturated heterocycles. The van der Waals surface area contributed by atoms with Gasteiger partial charge in [0.1, 0.15) is 0 Å². The molecule has 1 aromatic carbocycles. The highest BCUT2D eigenvalue weighted by atomic mass is 35.5. The van der Waals surface area contributed by atoms with Gasteiger partial charge in [-0.2, -0.15) is 0 Å². The quantitative estimate of drug-likeness (QED) is 0.853. The second-order valence-electron chi connectivity index (χ2n) is 3.08. The first kappa shape index (κ1) is 14.7. The molecule has 0 heterocycles. The summed E-state index contributed by atoms with van der Waals surface area (Å²) in [5.74, 6) is 0. The summed E-state index contributed by atoms with van der Waals surface area (Å²) in [6, 6.07) is 7.57. The zero-order valence-electron chi connectivity index (χ0n) is 9.23. The summed E-state index contributed by atoms with van der Waals surface area (Å²) in [5.41, 5.74) is 7.29. The van der Waals surface area contributed by atoms with Crippen molar-refractivity contribution in [2.45, 2.75) is 13.3 Å². The fourth-order valence-electron chi connectivity index (χ4n) is 1.26. The van der Waals surface area contributed by atoms with E-state index < -0.39 is 6.09 Å². The van der Waals surface area contributed by atoms with Crippen molar-refractivity contribution < 1.29 is 9.53 Å². The Balaban J connectivity index is 0.00000225. The van der Waals surface area contributed by atoms with E-state index in [0.717, 1.165) is 17.7 Å². The number of carbonyl (C=O) groups is 1. The van der Waals surface area contributed by atoms with Crippen LogP contribution in [0.4, 0.5) is 10.5 Å². The molecule has 0 saturated carbocycles. The third-order valence-corrected chi connectivity index (χ3v) is 1.88. The van der Waals surface area contributed by atoms with Gasteiger partial charge in [-0.25, -0.2) is 4.79 Å². The van der Waals surface area contributed by atoms with Gasteiger partial charge in [0.25, 0.3) is 0 Å². The molecule has 0 radical (unpaired) electrons. The maximum Gasteiger partial charge on any atom is 0.411 e. The summed E-state index contributed by atoms with van der Waals surface area (Å²) in [7, 11) is 0. The first-order chi connectivity index (χ1) is 7.26. The minimum Gasteiger partial charge on any atom is -0.450 e. The van der Waals surface area contributed by atoms with E-state index in [4.69, 9.17) is 10.5 Å². The lowest BCUT2D eigenvalue weighted by molar-refractivity contribution is 0.168. The number of hydrogen-bond donors (Lipinski definition) is 2. The van der Waals surface area contributed by atoms with Crippen LogP contribution in [0.25, 0.3) is 0 Å². The maximum atomic E-state index is 11.1. The lowest BCUT2D eigenvalue weighted by Crippen LogP contribution is -2.13. The van der Waals surface area contributed by atoms with Gasteiger partial charge in [-0.15, -0.1) is 12.4 Å². The standard InChI is InChI=1S/C11H16N2O2.ClH/c1-2-15-11(14)13-10-5-3-4-9(8-10)6-7-12;/h3-5,8H,2,6-7,12H2,1H3,(H,13,14);1H. The van der Waals surface area contributed by atoms with Gasteiger partial charge in [0.05, 0.1) is 6.61 Å². The van der Waals surface area contributed by atoms with Gasteiger partial charge >= 0.3 is 6.09 Å². The molecule has 0 aliphatic carbocycles. The first-order valence-electron chi connectivity index (χ1n) is 4.99. The van der Waals surface area contributed by atoms with Crippen LogP contribution < -0.4 is 11.1 Å². The second-order valence-corrected chi connectivity index (χ2v) is 3.08. The van der Waals surface area contributed by atoms with E-state index in [-0.39, 0.29) is 12.4 Å². The molecule has 0 aliphatic heterocycles. The summed E-state index contributed by atoms with van der Waals surface area (Å²) >= 11 is 0. The van der Waals surface area contributed by atoms with Crippen LogP contribution in [-0.4, -0.2) is 19.2 Å². The van der Waals surface area contributed by atoms with Crippen molar-refractivity contribution in [1.82, 2.24) is 0 Å². The van der Waals surface area contributed by atoms with Crippen molar-refractivity contribution in [2.75, 3.05) is 18.5 Å².